The predicted molar refractivity (Wildman–Crippen MR) is 131 cm³/mol. The largest absolute Gasteiger partial charge is 0.352 e. The average molecular weight is 457 g/mol. The highest BCUT2D eigenvalue weighted by molar-refractivity contribution is 5.62. The van der Waals surface area contributed by atoms with Crippen LogP contribution >= 0.6 is 0 Å². The van der Waals surface area contributed by atoms with Crippen LogP contribution < -0.4 is 10.6 Å². The number of fused-ring (bicyclic) bond motifs is 1. The summed E-state index contributed by atoms with van der Waals surface area (Å²) in [5.41, 5.74) is 10.1. The number of H-pyrrole nitrogens is 1. The molecule has 3 aromatic rings. The third kappa shape index (κ3) is 4.12. The van der Waals surface area contributed by atoms with E-state index in [1.165, 1.54) is 11.6 Å². The Labute approximate surface area is 198 Å². The second-order valence-electron chi connectivity index (χ2n) is 8.77. The molecule has 174 valence electrons. The molecule has 2 aliphatic rings. The van der Waals surface area contributed by atoms with Crippen LogP contribution in [0.15, 0.2) is 73.2 Å². The number of anilines is 1. The van der Waals surface area contributed by atoms with Crippen molar-refractivity contribution in [1.29, 1.82) is 0 Å². The van der Waals surface area contributed by atoms with E-state index in [9.17, 15) is 10.1 Å². The van der Waals surface area contributed by atoms with Crippen molar-refractivity contribution in [3.8, 4) is 0 Å². The quantitative estimate of drug-likeness (QED) is 0.385. The first-order chi connectivity index (χ1) is 16.7. The molecule has 0 amide bonds. The third-order valence-electron chi connectivity index (χ3n) is 6.80. The minimum Gasteiger partial charge on any atom is -0.352 e. The molecule has 0 spiro atoms. The fourth-order valence-corrected chi connectivity index (χ4v) is 5.26. The number of aryl methyl sites for hydroxylation is 1. The fraction of sp³-hybridized carbons (Fsp3) is 0.308. The number of nitrogens with one attached hydrogen (secondary N) is 1. The number of hydrogen-bond acceptors (Lipinski definition) is 6. The lowest BCUT2D eigenvalue weighted by molar-refractivity contribution is -0.384. The molecule has 0 radical (unpaired) electrons. The molecular formula is C26H28N6O2. The first-order valence-corrected chi connectivity index (χ1v) is 11.7. The van der Waals surface area contributed by atoms with Crippen LogP contribution in [0.1, 0.15) is 54.0 Å². The van der Waals surface area contributed by atoms with E-state index in [2.05, 4.69) is 45.2 Å². The van der Waals surface area contributed by atoms with Gasteiger partial charge in [-0.1, -0.05) is 30.4 Å². The summed E-state index contributed by atoms with van der Waals surface area (Å²) >= 11 is 0. The van der Waals surface area contributed by atoms with E-state index in [1.807, 2.05) is 18.5 Å². The van der Waals surface area contributed by atoms with Gasteiger partial charge in [-0.3, -0.25) is 15.1 Å². The van der Waals surface area contributed by atoms with Crippen molar-refractivity contribution in [2.75, 3.05) is 4.90 Å². The van der Waals surface area contributed by atoms with Crippen LogP contribution in [0.5, 0.6) is 0 Å². The summed E-state index contributed by atoms with van der Waals surface area (Å²) < 4.78 is 0. The van der Waals surface area contributed by atoms with Crippen LogP contribution in [0, 0.1) is 16.0 Å². The fourth-order valence-electron chi connectivity index (χ4n) is 5.26. The van der Waals surface area contributed by atoms with Crippen LogP contribution in [0.3, 0.4) is 0 Å². The van der Waals surface area contributed by atoms with Crippen molar-refractivity contribution < 1.29 is 4.92 Å². The van der Waals surface area contributed by atoms with E-state index in [1.54, 1.807) is 18.3 Å². The van der Waals surface area contributed by atoms with Crippen LogP contribution in [-0.2, 0) is 13.0 Å². The number of nitro benzene ring substituents is 1. The molecule has 2 aromatic heterocycles. The molecule has 5 rings (SSSR count). The van der Waals surface area contributed by atoms with Crippen molar-refractivity contribution in [1.82, 2.24) is 15.0 Å². The molecule has 2 heterocycles. The van der Waals surface area contributed by atoms with Gasteiger partial charge in [0.1, 0.15) is 5.82 Å². The topological polar surface area (TPSA) is 114 Å². The molecule has 1 aromatic carbocycles. The summed E-state index contributed by atoms with van der Waals surface area (Å²) in [7, 11) is 0. The first-order valence-electron chi connectivity index (χ1n) is 11.7. The minimum atomic E-state index is -0.347. The normalized spacial score (nSPS) is 20.0. The first kappa shape index (κ1) is 22.0. The number of pyridine rings is 1. The van der Waals surface area contributed by atoms with E-state index in [-0.39, 0.29) is 35.2 Å². The maximum absolute atomic E-state index is 11.8. The number of aromatic amines is 1. The smallest absolute Gasteiger partial charge is 0.271 e. The second kappa shape index (κ2) is 9.61. The van der Waals surface area contributed by atoms with Gasteiger partial charge in [-0.15, -0.1) is 0 Å². The highest BCUT2D eigenvalue weighted by Crippen LogP contribution is 2.46. The molecule has 0 saturated carbocycles. The zero-order valence-electron chi connectivity index (χ0n) is 18.9. The van der Waals surface area contributed by atoms with E-state index < -0.39 is 0 Å². The zero-order chi connectivity index (χ0) is 23.5. The Morgan fingerprint density at radius 1 is 1.24 bits per heavy atom. The molecule has 2 aliphatic carbocycles. The number of hydrogen-bond donors (Lipinski definition) is 2. The summed E-state index contributed by atoms with van der Waals surface area (Å²) in [6.45, 7) is 0.275. The molecule has 3 atom stereocenters. The number of nitrogens with two attached hydrogens (primary N) is 1. The van der Waals surface area contributed by atoms with Gasteiger partial charge in [-0.25, -0.2) is 4.98 Å². The third-order valence-corrected chi connectivity index (χ3v) is 6.80. The van der Waals surface area contributed by atoms with E-state index in [4.69, 9.17) is 10.7 Å². The van der Waals surface area contributed by atoms with Crippen LogP contribution in [0.25, 0.3) is 0 Å². The molecular weight excluding hydrogens is 428 g/mol. The van der Waals surface area contributed by atoms with Gasteiger partial charge in [-0.2, -0.15) is 0 Å². The van der Waals surface area contributed by atoms with Gasteiger partial charge >= 0.3 is 0 Å². The zero-order valence-corrected chi connectivity index (χ0v) is 18.9. The van der Waals surface area contributed by atoms with Crippen LogP contribution in [-0.4, -0.2) is 19.9 Å². The molecule has 3 unspecified atom stereocenters. The van der Waals surface area contributed by atoms with Gasteiger partial charge in [0.2, 0.25) is 0 Å². The average Bonchev–Trinajstić information content (AvgIpc) is 3.41. The van der Waals surface area contributed by atoms with Crippen molar-refractivity contribution in [2.24, 2.45) is 11.7 Å². The van der Waals surface area contributed by atoms with E-state index in [0.29, 0.717) is 0 Å². The maximum Gasteiger partial charge on any atom is 0.271 e. The van der Waals surface area contributed by atoms with Crippen molar-refractivity contribution in [2.45, 2.75) is 44.3 Å². The number of non-ortho nitro benzene ring substituents is 1. The molecule has 3 N–H and O–H groups in total. The second-order valence-corrected chi connectivity index (χ2v) is 8.77. The summed E-state index contributed by atoms with van der Waals surface area (Å²) in [6.07, 6.45) is 17.6. The molecule has 0 aliphatic heterocycles. The van der Waals surface area contributed by atoms with Gasteiger partial charge in [0.25, 0.3) is 5.69 Å². The number of nitro groups is 1. The molecule has 0 bridgehead atoms. The number of aromatic nitrogens is 3. The SMILES string of the molecule is NCc1ccc([N+](=O)[O-])cc1N(C1CCCc2cccnc21)C(c1ncc[nH]1)C1C=CC=CC1. The standard InChI is InChI=1S/C26H28N6O2/c27-17-20-11-12-21(32(33)34)16-23(20)31(22-10-4-8-18-9-5-13-28-24(18)22)25(26-29-14-15-30-26)19-6-2-1-3-7-19/h1-3,5-6,9,11-16,19,22,25H,4,7-8,10,17,27H2,(H,29,30). The number of imidazole rings is 1. The summed E-state index contributed by atoms with van der Waals surface area (Å²) in [5.74, 6) is 0.942. The Balaban J connectivity index is 1.74. The van der Waals surface area contributed by atoms with Gasteiger partial charge in [-0.05, 0) is 48.9 Å². The van der Waals surface area contributed by atoms with Crippen LogP contribution in [0.2, 0.25) is 0 Å². The molecule has 0 fully saturated rings. The van der Waals surface area contributed by atoms with Crippen molar-refractivity contribution in [3.05, 3.63) is 106 Å². The number of allylic oxidation sites excluding steroid dienone is 3. The molecule has 34 heavy (non-hydrogen) atoms. The van der Waals surface area contributed by atoms with Crippen LogP contribution in [0.4, 0.5) is 11.4 Å². The van der Waals surface area contributed by atoms with Gasteiger partial charge in [0.15, 0.2) is 0 Å². The number of nitrogens with zero attached hydrogens (tertiary/aromatic N) is 4. The Kier molecular flexibility index (Phi) is 6.22. The molecule has 8 nitrogen and oxygen atoms in total. The van der Waals surface area contributed by atoms with Gasteiger partial charge in [0, 0.05) is 48.9 Å². The monoisotopic (exact) mass is 456 g/mol. The lowest BCUT2D eigenvalue weighted by atomic mass is 9.85. The number of benzene rings is 1. The summed E-state index contributed by atoms with van der Waals surface area (Å²) in [4.78, 5) is 26.5. The van der Waals surface area contributed by atoms with Crippen molar-refractivity contribution in [3.63, 3.8) is 0 Å². The highest BCUT2D eigenvalue weighted by Gasteiger charge is 2.38. The summed E-state index contributed by atoms with van der Waals surface area (Å²) in [5, 5.41) is 11.8. The van der Waals surface area contributed by atoms with E-state index >= 15 is 0 Å². The number of rotatable bonds is 7. The maximum atomic E-state index is 11.8. The molecule has 0 saturated heterocycles. The molecule has 8 heteroatoms. The van der Waals surface area contributed by atoms with Crippen molar-refractivity contribution >= 4 is 11.4 Å². The highest BCUT2D eigenvalue weighted by atomic mass is 16.6. The summed E-state index contributed by atoms with van der Waals surface area (Å²) in [6, 6.07) is 8.84. The lowest BCUT2D eigenvalue weighted by Gasteiger charge is -2.44. The lowest BCUT2D eigenvalue weighted by Crippen LogP contribution is -2.40. The van der Waals surface area contributed by atoms with E-state index in [0.717, 1.165) is 48.5 Å². The van der Waals surface area contributed by atoms with Gasteiger partial charge < -0.3 is 15.6 Å². The Hall–Kier alpha value is -3.78. The minimum absolute atomic E-state index is 0.0477. The predicted octanol–water partition coefficient (Wildman–Crippen LogP) is 4.93. The Bertz CT molecular complexity index is 1220. The van der Waals surface area contributed by atoms with Gasteiger partial charge in [0.05, 0.1) is 22.7 Å². The Morgan fingerprint density at radius 2 is 2.15 bits per heavy atom. The Morgan fingerprint density at radius 3 is 2.88 bits per heavy atom.